The van der Waals surface area contributed by atoms with Crippen molar-refractivity contribution in [2.75, 3.05) is 39.0 Å². The van der Waals surface area contributed by atoms with E-state index in [1.165, 1.54) is 52.7 Å². The van der Waals surface area contributed by atoms with Gasteiger partial charge in [0.1, 0.15) is 45.8 Å². The fourth-order valence-electron chi connectivity index (χ4n) is 7.02. The van der Waals surface area contributed by atoms with Crippen LogP contribution in [0.3, 0.4) is 0 Å². The number of hydrogen-bond acceptors (Lipinski definition) is 13. The zero-order chi connectivity index (χ0) is 41.7. The van der Waals surface area contributed by atoms with E-state index in [0.29, 0.717) is 23.6 Å². The third-order valence-corrected chi connectivity index (χ3v) is 13.4. The second kappa shape index (κ2) is 18.9. The number of fused-ring (bicyclic) bond motifs is 5. The molecule has 4 bridgehead atoms. The molecule has 8 atom stereocenters. The van der Waals surface area contributed by atoms with Crippen LogP contribution in [0, 0.1) is 5.92 Å². The number of esters is 1. The first-order valence-electron chi connectivity index (χ1n) is 18.6. The highest BCUT2D eigenvalue weighted by atomic mass is 35.5. The molecule has 14 nitrogen and oxygen atoms in total. The van der Waals surface area contributed by atoms with Gasteiger partial charge in [-0.15, -0.1) is 0 Å². The molecule has 310 valence electrons. The molecule has 1 aromatic heterocycles. The van der Waals surface area contributed by atoms with Crippen LogP contribution in [-0.2, 0) is 39.8 Å². The van der Waals surface area contributed by atoms with Gasteiger partial charge in [-0.3, -0.25) is 14.9 Å². The number of rotatable bonds is 10. The number of methoxy groups -OCH3 is 2. The summed E-state index contributed by atoms with van der Waals surface area (Å²) in [7, 11) is 8.97. The Hall–Kier alpha value is -3.80. The number of benzene rings is 1. The van der Waals surface area contributed by atoms with Crippen molar-refractivity contribution >= 4 is 62.8 Å². The lowest BCUT2D eigenvalue weighted by molar-refractivity contribution is -0.162. The van der Waals surface area contributed by atoms with Gasteiger partial charge >= 0.3 is 12.1 Å². The van der Waals surface area contributed by atoms with E-state index >= 15 is 0 Å². The number of epoxide rings is 1. The number of carbonyl (C=O) groups excluding carboxylic acids is 4. The van der Waals surface area contributed by atoms with E-state index in [9.17, 15) is 24.3 Å². The number of alkyl carbamates (subject to hydrolysis) is 1. The Bertz CT molecular complexity index is 1870. The maximum atomic E-state index is 14.2. The Morgan fingerprint density at radius 3 is 2.68 bits per heavy atom. The van der Waals surface area contributed by atoms with Crippen LogP contribution in [0.25, 0.3) is 0 Å². The van der Waals surface area contributed by atoms with E-state index < -0.39 is 65.7 Å². The largest absolute Gasteiger partial charge is 0.495 e. The van der Waals surface area contributed by atoms with E-state index in [2.05, 4.69) is 10.3 Å². The van der Waals surface area contributed by atoms with Crippen LogP contribution in [0.15, 0.2) is 65.4 Å². The van der Waals surface area contributed by atoms with Gasteiger partial charge in [0.2, 0.25) is 11.8 Å². The number of pyridine rings is 1. The molecule has 3 aliphatic heterocycles. The van der Waals surface area contributed by atoms with Crippen molar-refractivity contribution in [2.45, 2.75) is 100 Å². The predicted octanol–water partition coefficient (Wildman–Crippen LogP) is 5.74. The van der Waals surface area contributed by atoms with E-state index in [1.807, 2.05) is 31.2 Å². The molecule has 2 aromatic rings. The van der Waals surface area contributed by atoms with Gasteiger partial charge < -0.3 is 38.6 Å². The Morgan fingerprint density at radius 1 is 1.25 bits per heavy atom. The van der Waals surface area contributed by atoms with E-state index in [-0.39, 0.29) is 30.2 Å². The van der Waals surface area contributed by atoms with Gasteiger partial charge in [0, 0.05) is 51.9 Å². The maximum absolute atomic E-state index is 14.2. The summed E-state index contributed by atoms with van der Waals surface area (Å²) in [6.07, 6.45) is 2.76. The first-order chi connectivity index (χ1) is 27.0. The van der Waals surface area contributed by atoms with Crippen molar-refractivity contribution in [1.82, 2.24) is 15.2 Å². The molecule has 5 rings (SSSR count). The zero-order valence-corrected chi connectivity index (χ0v) is 35.7. The minimum atomic E-state index is -1.83. The number of hydrogen-bond donors (Lipinski definition) is 2. The van der Waals surface area contributed by atoms with Crippen molar-refractivity contribution in [2.24, 2.45) is 5.92 Å². The summed E-state index contributed by atoms with van der Waals surface area (Å²) < 4.78 is 29.3. The molecule has 0 saturated carbocycles. The fraction of sp³-hybridized carbons (Fsp3) is 0.525. The van der Waals surface area contributed by atoms with Gasteiger partial charge in [0.25, 0.3) is 0 Å². The maximum Gasteiger partial charge on any atom is 0.409 e. The second-order valence-corrected chi connectivity index (χ2v) is 17.5. The van der Waals surface area contributed by atoms with Crippen molar-refractivity contribution in [3.8, 4) is 5.75 Å². The number of ether oxygens (including phenoxy) is 5. The molecule has 3 aliphatic rings. The van der Waals surface area contributed by atoms with Crippen LogP contribution < -0.4 is 15.0 Å². The minimum Gasteiger partial charge on any atom is -0.495 e. The lowest BCUT2D eigenvalue weighted by Gasteiger charge is -2.42. The summed E-state index contributed by atoms with van der Waals surface area (Å²) in [5.74, 6) is -1.11. The fourth-order valence-corrected chi connectivity index (χ4v) is 9.19. The Balaban J connectivity index is 1.43. The number of carbonyl (C=O) groups is 4. The SMILES string of the molecule is COc1cc2cc(c1Cl)N(C)C(=O)C[C@H](OC(=O)[C@H](C)N(C)C(=O)CCSSc1ccccn1)[C@]1(C)O[C@H]1[C@H](C)[C@@H]1C[C@@](O)(NC(=O)O1)[C@H](OC)/C=C/C=C(\C)C2. The van der Waals surface area contributed by atoms with Gasteiger partial charge in [-0.25, -0.2) is 14.6 Å². The number of amides is 3. The number of anilines is 1. The highest BCUT2D eigenvalue weighted by molar-refractivity contribution is 8.76. The predicted molar refractivity (Wildman–Crippen MR) is 218 cm³/mol. The van der Waals surface area contributed by atoms with E-state index in [1.54, 1.807) is 58.3 Å². The third kappa shape index (κ3) is 10.4. The quantitative estimate of drug-likeness (QED) is 0.129. The number of likely N-dealkylation sites (N-methyl/N-ethyl adjacent to an activating group) is 1. The van der Waals surface area contributed by atoms with Crippen LogP contribution in [0.4, 0.5) is 10.5 Å². The number of nitrogens with one attached hydrogen (secondary N) is 1. The zero-order valence-electron chi connectivity index (χ0n) is 33.4. The molecule has 2 N–H and O–H groups in total. The van der Waals surface area contributed by atoms with Crippen molar-refractivity contribution in [3.63, 3.8) is 0 Å². The summed E-state index contributed by atoms with van der Waals surface area (Å²) in [6.45, 7) is 7.01. The molecule has 2 fully saturated rings. The molecular weight excluding hydrogens is 796 g/mol. The molecule has 17 heteroatoms. The molecule has 57 heavy (non-hydrogen) atoms. The van der Waals surface area contributed by atoms with Crippen LogP contribution in [0.1, 0.15) is 52.5 Å². The highest BCUT2D eigenvalue weighted by Gasteiger charge is 2.64. The summed E-state index contributed by atoms with van der Waals surface area (Å²) in [5.41, 5.74) is -0.941. The average Bonchev–Trinajstić information content (AvgIpc) is 3.88. The molecule has 0 spiro atoms. The summed E-state index contributed by atoms with van der Waals surface area (Å²) in [5, 5.41) is 15.3. The summed E-state index contributed by atoms with van der Waals surface area (Å²) in [6, 6.07) is 8.19. The van der Waals surface area contributed by atoms with Gasteiger partial charge in [-0.1, -0.05) is 59.2 Å². The number of aromatic nitrogens is 1. The molecule has 2 saturated heterocycles. The van der Waals surface area contributed by atoms with Crippen molar-refractivity contribution in [1.29, 1.82) is 0 Å². The van der Waals surface area contributed by atoms with E-state index in [4.69, 9.17) is 35.3 Å². The Labute approximate surface area is 346 Å². The normalized spacial score (nSPS) is 29.8. The third-order valence-electron chi connectivity index (χ3n) is 10.7. The van der Waals surface area contributed by atoms with Crippen molar-refractivity contribution in [3.05, 3.63) is 70.9 Å². The molecule has 4 heterocycles. The number of allylic oxidation sites excluding steroid dienone is 3. The number of nitrogens with zero attached hydrogens (tertiary/aromatic N) is 3. The summed E-state index contributed by atoms with van der Waals surface area (Å²) in [4.78, 5) is 61.1. The van der Waals surface area contributed by atoms with Crippen molar-refractivity contribution < 1.29 is 48.0 Å². The van der Waals surface area contributed by atoms with Gasteiger partial charge in [-0.05, 0) is 67.8 Å². The summed E-state index contributed by atoms with van der Waals surface area (Å²) >= 11 is 6.78. The smallest absolute Gasteiger partial charge is 0.409 e. The monoisotopic (exact) mass is 846 g/mol. The van der Waals surface area contributed by atoms with Crippen LogP contribution in [0.2, 0.25) is 5.02 Å². The van der Waals surface area contributed by atoms with E-state index in [0.717, 1.165) is 16.2 Å². The second-order valence-electron chi connectivity index (χ2n) is 14.7. The van der Waals surface area contributed by atoms with Gasteiger partial charge in [0.15, 0.2) is 5.72 Å². The Morgan fingerprint density at radius 2 is 2.00 bits per heavy atom. The minimum absolute atomic E-state index is 0.0553. The molecule has 0 unspecified atom stereocenters. The first kappa shape index (κ1) is 44.3. The number of aliphatic hydroxyl groups is 1. The Kier molecular flexibility index (Phi) is 14.7. The molecular formula is C40H51ClN4O10S2. The van der Waals surface area contributed by atoms with Gasteiger partial charge in [-0.2, -0.15) is 0 Å². The number of halogens is 1. The standard InChI is InChI=1S/C40H51ClN4O10S2/c1-23-12-11-13-30(52-8)40(50)22-29(53-38(49)43-40)24(2)36-39(4,55-36)31(21-34(47)45(6)27-19-26(18-23)20-28(51-7)35(27)41)54-37(48)25(3)44(5)33(46)15-17-56-57-32-14-9-10-16-42-32/h9-14,16,19-20,24-25,29-31,36,50H,15,17-18,21-22H2,1-8H3,(H,43,49)/b13-11+,23-12+/t24-,25+,29+,30-,31+,36+,39+,40+/m1/s1. The topological polar surface area (TPSA) is 169 Å². The molecule has 0 aliphatic carbocycles. The van der Waals surface area contributed by atoms with Crippen LogP contribution >= 0.6 is 33.2 Å². The van der Waals surface area contributed by atoms with Gasteiger partial charge in [0.05, 0.1) is 25.3 Å². The molecule has 0 radical (unpaired) electrons. The lowest BCUT2D eigenvalue weighted by atomic mass is 9.83. The first-order valence-corrected chi connectivity index (χ1v) is 21.3. The van der Waals surface area contributed by atoms with Crippen LogP contribution in [0.5, 0.6) is 5.75 Å². The molecule has 1 aromatic carbocycles. The average molecular weight is 847 g/mol. The highest BCUT2D eigenvalue weighted by Crippen LogP contribution is 2.49. The van der Waals surface area contributed by atoms with Crippen LogP contribution in [-0.4, -0.2) is 115 Å². The molecule has 3 amide bonds. The lowest BCUT2D eigenvalue weighted by Crippen LogP contribution is -2.63.